The zero-order valence-electron chi connectivity index (χ0n) is 15.2. The predicted molar refractivity (Wildman–Crippen MR) is 92.3 cm³/mol. The minimum absolute atomic E-state index is 0.0195. The molecule has 24 heavy (non-hydrogen) atoms. The van der Waals surface area contributed by atoms with Crippen LogP contribution in [0.2, 0.25) is 0 Å². The summed E-state index contributed by atoms with van der Waals surface area (Å²) in [5, 5.41) is 9.56. The molecule has 0 radical (unpaired) electrons. The summed E-state index contributed by atoms with van der Waals surface area (Å²) in [6, 6.07) is 0. The van der Waals surface area contributed by atoms with Crippen molar-refractivity contribution >= 4 is 11.8 Å². The Balaban J connectivity index is 1.66. The molecule has 0 bridgehead atoms. The summed E-state index contributed by atoms with van der Waals surface area (Å²) < 4.78 is 0. The van der Waals surface area contributed by atoms with E-state index < -0.39 is 5.41 Å². The summed E-state index contributed by atoms with van der Waals surface area (Å²) in [6.45, 7) is 7.57. The van der Waals surface area contributed by atoms with Crippen LogP contribution in [0.5, 0.6) is 0 Å². The van der Waals surface area contributed by atoms with Crippen LogP contribution < -0.4 is 0 Å². The Bertz CT molecular complexity index is 501. The van der Waals surface area contributed by atoms with Crippen LogP contribution in [0.15, 0.2) is 0 Å². The van der Waals surface area contributed by atoms with Crippen molar-refractivity contribution in [1.82, 2.24) is 9.80 Å². The Labute approximate surface area is 145 Å². The molecule has 0 aromatic rings. The molecule has 0 aromatic heterocycles. The molecule has 1 aliphatic carbocycles. The molecule has 2 aliphatic heterocycles. The quantitative estimate of drug-likeness (QED) is 0.836. The first-order valence-corrected chi connectivity index (χ1v) is 9.58. The molecule has 1 spiro atoms. The molecule has 3 rings (SSSR count). The molecule has 2 saturated heterocycles. The van der Waals surface area contributed by atoms with Crippen molar-refractivity contribution in [2.75, 3.05) is 32.8 Å². The normalized spacial score (nSPS) is 29.4. The molecule has 3 aliphatic rings. The van der Waals surface area contributed by atoms with Crippen LogP contribution in [0.1, 0.15) is 58.8 Å². The van der Waals surface area contributed by atoms with Crippen LogP contribution in [0, 0.1) is 16.7 Å². The summed E-state index contributed by atoms with van der Waals surface area (Å²) in [5.74, 6) is 1.02. The van der Waals surface area contributed by atoms with Crippen molar-refractivity contribution in [2.45, 2.75) is 58.8 Å². The van der Waals surface area contributed by atoms with Crippen LogP contribution in [0.25, 0.3) is 0 Å². The van der Waals surface area contributed by atoms with Crippen molar-refractivity contribution in [3.05, 3.63) is 0 Å². The largest absolute Gasteiger partial charge is 0.395 e. The van der Waals surface area contributed by atoms with Crippen molar-refractivity contribution in [3.8, 4) is 0 Å². The molecule has 0 unspecified atom stereocenters. The van der Waals surface area contributed by atoms with Crippen LogP contribution in [-0.4, -0.2) is 59.5 Å². The lowest BCUT2D eigenvalue weighted by Crippen LogP contribution is -2.56. The fourth-order valence-electron chi connectivity index (χ4n) is 4.36. The zero-order valence-corrected chi connectivity index (χ0v) is 15.2. The third-order valence-electron chi connectivity index (χ3n) is 6.28. The van der Waals surface area contributed by atoms with E-state index in [-0.39, 0.29) is 23.8 Å². The van der Waals surface area contributed by atoms with E-state index in [9.17, 15) is 14.7 Å². The van der Waals surface area contributed by atoms with Crippen molar-refractivity contribution in [2.24, 2.45) is 16.7 Å². The minimum Gasteiger partial charge on any atom is -0.395 e. The number of rotatable bonds is 5. The minimum atomic E-state index is -0.472. The lowest BCUT2D eigenvalue weighted by molar-refractivity contribution is -0.147. The van der Waals surface area contributed by atoms with Crippen molar-refractivity contribution < 1.29 is 14.7 Å². The highest BCUT2D eigenvalue weighted by molar-refractivity contribution is 5.85. The molecule has 1 N–H and O–H groups in total. The second-order valence-electron chi connectivity index (χ2n) is 8.77. The second-order valence-corrected chi connectivity index (χ2v) is 8.77. The predicted octanol–water partition coefficient (Wildman–Crippen LogP) is 2.04. The van der Waals surface area contributed by atoms with E-state index in [4.69, 9.17) is 0 Å². The maximum Gasteiger partial charge on any atom is 0.231 e. The van der Waals surface area contributed by atoms with Crippen LogP contribution in [-0.2, 0) is 9.59 Å². The Kier molecular flexibility index (Phi) is 4.92. The van der Waals surface area contributed by atoms with Crippen LogP contribution in [0.4, 0.5) is 0 Å². The molecule has 5 heteroatoms. The summed E-state index contributed by atoms with van der Waals surface area (Å²) >= 11 is 0. The first-order valence-electron chi connectivity index (χ1n) is 9.58. The molecule has 0 aromatic carbocycles. The number of piperidine rings is 2. The second kappa shape index (κ2) is 6.66. The first-order chi connectivity index (χ1) is 11.4. The van der Waals surface area contributed by atoms with Gasteiger partial charge >= 0.3 is 0 Å². The number of aliphatic hydroxyl groups is 1. The Morgan fingerprint density at radius 1 is 1.21 bits per heavy atom. The van der Waals surface area contributed by atoms with Crippen molar-refractivity contribution in [3.63, 3.8) is 0 Å². The third kappa shape index (κ3) is 3.46. The van der Waals surface area contributed by atoms with Gasteiger partial charge in [0.05, 0.1) is 12.0 Å². The van der Waals surface area contributed by atoms with Gasteiger partial charge in [0.1, 0.15) is 0 Å². The third-order valence-corrected chi connectivity index (χ3v) is 6.28. The van der Waals surface area contributed by atoms with Crippen molar-refractivity contribution in [1.29, 1.82) is 0 Å². The Morgan fingerprint density at radius 3 is 2.58 bits per heavy atom. The lowest BCUT2D eigenvalue weighted by Gasteiger charge is -2.49. The van der Waals surface area contributed by atoms with E-state index in [1.165, 1.54) is 0 Å². The van der Waals surface area contributed by atoms with Crippen LogP contribution >= 0.6 is 0 Å². The highest BCUT2D eigenvalue weighted by Crippen LogP contribution is 2.48. The van der Waals surface area contributed by atoms with E-state index in [1.54, 1.807) is 0 Å². The van der Waals surface area contributed by atoms with E-state index in [1.807, 2.05) is 9.80 Å². The van der Waals surface area contributed by atoms with E-state index in [2.05, 4.69) is 13.8 Å². The lowest BCUT2D eigenvalue weighted by atomic mass is 9.73. The van der Waals surface area contributed by atoms with Gasteiger partial charge in [-0.2, -0.15) is 0 Å². The summed E-state index contributed by atoms with van der Waals surface area (Å²) in [6.07, 6.45) is 6.33. The van der Waals surface area contributed by atoms with Gasteiger partial charge in [-0.15, -0.1) is 0 Å². The number of carbonyl (C=O) groups excluding carboxylic acids is 2. The number of aliphatic hydroxyl groups excluding tert-OH is 1. The maximum absolute atomic E-state index is 12.8. The zero-order chi connectivity index (χ0) is 17.4. The van der Waals surface area contributed by atoms with Gasteiger partial charge in [-0.25, -0.2) is 0 Å². The summed E-state index contributed by atoms with van der Waals surface area (Å²) in [5.41, 5.74) is -0.398. The fraction of sp³-hybridized carbons (Fsp3) is 0.895. The number of hydrogen-bond acceptors (Lipinski definition) is 3. The fourth-order valence-corrected chi connectivity index (χ4v) is 4.36. The topological polar surface area (TPSA) is 60.9 Å². The van der Waals surface area contributed by atoms with Gasteiger partial charge in [-0.3, -0.25) is 9.59 Å². The molecule has 2 amide bonds. The smallest absolute Gasteiger partial charge is 0.231 e. The number of carbonyl (C=O) groups is 2. The average molecular weight is 336 g/mol. The highest BCUT2D eigenvalue weighted by Gasteiger charge is 2.53. The highest BCUT2D eigenvalue weighted by atomic mass is 16.3. The molecule has 5 nitrogen and oxygen atoms in total. The van der Waals surface area contributed by atoms with Gasteiger partial charge in [0.25, 0.3) is 0 Å². The van der Waals surface area contributed by atoms with Gasteiger partial charge in [-0.05, 0) is 44.4 Å². The monoisotopic (exact) mass is 336 g/mol. The molecule has 136 valence electrons. The standard InChI is InChI=1S/C19H32N2O3/c1-15(2)5-11-20-12-18(7-4-16(20)23)6-3-10-21(13-18)17(24)19(14-22)8-9-19/h15,22H,3-14H2,1-2H3/t18-/m0/s1. The number of amides is 2. The Morgan fingerprint density at radius 2 is 1.96 bits per heavy atom. The van der Waals surface area contributed by atoms with Gasteiger partial charge in [0.2, 0.25) is 11.8 Å². The molecule has 1 atom stereocenters. The van der Waals surface area contributed by atoms with Gasteiger partial charge in [0, 0.05) is 38.0 Å². The summed E-state index contributed by atoms with van der Waals surface area (Å²) in [4.78, 5) is 29.1. The van der Waals surface area contributed by atoms with Crippen LogP contribution in [0.3, 0.4) is 0 Å². The summed E-state index contributed by atoms with van der Waals surface area (Å²) in [7, 11) is 0. The maximum atomic E-state index is 12.8. The van der Waals surface area contributed by atoms with Gasteiger partial charge < -0.3 is 14.9 Å². The molecular formula is C19H32N2O3. The SMILES string of the molecule is CC(C)CCN1C[C@]2(CCCN(C(=O)C3(CO)CC3)C2)CCC1=O. The van der Waals surface area contributed by atoms with E-state index in [0.29, 0.717) is 12.3 Å². The number of likely N-dealkylation sites (tertiary alicyclic amines) is 2. The molecule has 1 saturated carbocycles. The van der Waals surface area contributed by atoms with Gasteiger partial charge in [0.15, 0.2) is 0 Å². The van der Waals surface area contributed by atoms with E-state index >= 15 is 0 Å². The van der Waals surface area contributed by atoms with Gasteiger partial charge in [-0.1, -0.05) is 13.8 Å². The number of hydrogen-bond donors (Lipinski definition) is 1. The number of nitrogens with zero attached hydrogens (tertiary/aromatic N) is 2. The molecule has 2 heterocycles. The molecule has 3 fully saturated rings. The molecular weight excluding hydrogens is 304 g/mol. The Hall–Kier alpha value is -1.10. The first kappa shape index (κ1) is 17.7. The van der Waals surface area contributed by atoms with E-state index in [0.717, 1.165) is 64.7 Å². The average Bonchev–Trinajstić information content (AvgIpc) is 3.36.